The number of benzene rings is 1. The molecule has 1 aliphatic rings. The zero-order valence-corrected chi connectivity index (χ0v) is 11.3. The highest BCUT2D eigenvalue weighted by Crippen LogP contribution is 2.34. The Morgan fingerprint density at radius 2 is 1.95 bits per heavy atom. The van der Waals surface area contributed by atoms with E-state index >= 15 is 0 Å². The van der Waals surface area contributed by atoms with E-state index in [1.54, 1.807) is 0 Å². The fourth-order valence-corrected chi connectivity index (χ4v) is 2.41. The van der Waals surface area contributed by atoms with Crippen LogP contribution in [0.25, 0.3) is 0 Å². The number of carboxylic acids is 1. The van der Waals surface area contributed by atoms with Crippen LogP contribution < -0.4 is 5.32 Å². The maximum Gasteiger partial charge on any atom is 0.305 e. The lowest BCUT2D eigenvalue weighted by Crippen LogP contribution is -2.55. The Balaban J connectivity index is 1.73. The second-order valence-electron chi connectivity index (χ2n) is 5.23. The summed E-state index contributed by atoms with van der Waals surface area (Å²) in [7, 11) is 0. The molecule has 1 saturated carbocycles. The van der Waals surface area contributed by atoms with Gasteiger partial charge in [-0.05, 0) is 24.8 Å². The number of rotatable bonds is 7. The summed E-state index contributed by atoms with van der Waals surface area (Å²) >= 11 is 0. The molecule has 0 heterocycles. The number of carboxylic acid groups (broad SMARTS) is 1. The van der Waals surface area contributed by atoms with Gasteiger partial charge in [-0.3, -0.25) is 9.59 Å². The van der Waals surface area contributed by atoms with Crippen molar-refractivity contribution >= 4 is 11.9 Å². The van der Waals surface area contributed by atoms with Crippen molar-refractivity contribution in [3.05, 3.63) is 35.9 Å². The number of aliphatic carboxylic acids is 1. The van der Waals surface area contributed by atoms with Crippen molar-refractivity contribution < 1.29 is 19.4 Å². The molecule has 0 aliphatic heterocycles. The van der Waals surface area contributed by atoms with Crippen LogP contribution in [0, 0.1) is 0 Å². The molecule has 108 valence electrons. The summed E-state index contributed by atoms with van der Waals surface area (Å²) in [4.78, 5) is 22.6. The summed E-state index contributed by atoms with van der Waals surface area (Å²) < 4.78 is 5.34. The molecule has 5 heteroatoms. The second kappa shape index (κ2) is 6.52. The molecule has 0 saturated heterocycles. The normalized spacial score (nSPS) is 16.2. The van der Waals surface area contributed by atoms with Gasteiger partial charge >= 0.3 is 5.97 Å². The predicted molar refractivity (Wildman–Crippen MR) is 73.1 cm³/mol. The van der Waals surface area contributed by atoms with Crippen LogP contribution in [-0.4, -0.2) is 29.1 Å². The number of carbonyl (C=O) groups is 2. The van der Waals surface area contributed by atoms with Crippen molar-refractivity contribution in [2.45, 2.75) is 37.8 Å². The van der Waals surface area contributed by atoms with Crippen molar-refractivity contribution in [1.29, 1.82) is 0 Å². The van der Waals surface area contributed by atoms with E-state index in [1.807, 2.05) is 30.3 Å². The third kappa shape index (κ3) is 4.06. The summed E-state index contributed by atoms with van der Waals surface area (Å²) in [5, 5.41) is 11.7. The molecule has 1 aliphatic carbocycles. The van der Waals surface area contributed by atoms with Gasteiger partial charge in [0.25, 0.3) is 0 Å². The van der Waals surface area contributed by atoms with Gasteiger partial charge in [-0.15, -0.1) is 0 Å². The SMILES string of the molecule is O=C(O)CC1(NC(=O)COCc2ccccc2)CCC1. The van der Waals surface area contributed by atoms with Crippen molar-refractivity contribution in [1.82, 2.24) is 5.32 Å². The third-order valence-corrected chi connectivity index (χ3v) is 3.55. The summed E-state index contributed by atoms with van der Waals surface area (Å²) in [5.41, 5.74) is 0.447. The minimum Gasteiger partial charge on any atom is -0.481 e. The van der Waals surface area contributed by atoms with Crippen LogP contribution in [0.15, 0.2) is 30.3 Å². The Labute approximate surface area is 117 Å². The van der Waals surface area contributed by atoms with E-state index < -0.39 is 11.5 Å². The highest BCUT2D eigenvalue weighted by molar-refractivity contribution is 5.79. The maximum absolute atomic E-state index is 11.8. The van der Waals surface area contributed by atoms with Gasteiger partial charge in [-0.25, -0.2) is 0 Å². The van der Waals surface area contributed by atoms with Gasteiger partial charge in [-0.2, -0.15) is 0 Å². The number of hydrogen-bond donors (Lipinski definition) is 2. The van der Waals surface area contributed by atoms with Crippen LogP contribution in [0.2, 0.25) is 0 Å². The monoisotopic (exact) mass is 277 g/mol. The lowest BCUT2D eigenvalue weighted by atomic mass is 9.74. The van der Waals surface area contributed by atoms with E-state index in [1.165, 1.54) is 0 Å². The zero-order chi connectivity index (χ0) is 14.4. The Kier molecular flexibility index (Phi) is 4.74. The number of hydrogen-bond acceptors (Lipinski definition) is 3. The second-order valence-corrected chi connectivity index (χ2v) is 5.23. The molecule has 0 spiro atoms. The van der Waals surface area contributed by atoms with Gasteiger partial charge in [-0.1, -0.05) is 30.3 Å². The number of carbonyl (C=O) groups excluding carboxylic acids is 1. The highest BCUT2D eigenvalue weighted by Gasteiger charge is 2.40. The minimum absolute atomic E-state index is 0.0164. The summed E-state index contributed by atoms with van der Waals surface area (Å²) in [6.45, 7) is 0.330. The Bertz CT molecular complexity index is 468. The van der Waals surface area contributed by atoms with Crippen LogP contribution in [-0.2, 0) is 20.9 Å². The average Bonchev–Trinajstić information content (AvgIpc) is 2.37. The fraction of sp³-hybridized carbons (Fsp3) is 0.467. The van der Waals surface area contributed by atoms with Crippen LogP contribution in [0.5, 0.6) is 0 Å². The Morgan fingerprint density at radius 3 is 2.50 bits per heavy atom. The van der Waals surface area contributed by atoms with E-state index in [4.69, 9.17) is 9.84 Å². The first-order chi connectivity index (χ1) is 9.60. The van der Waals surface area contributed by atoms with Crippen LogP contribution in [0.3, 0.4) is 0 Å². The summed E-state index contributed by atoms with van der Waals surface area (Å²) in [6.07, 6.45) is 2.39. The van der Waals surface area contributed by atoms with Gasteiger partial charge in [0, 0.05) is 0 Å². The van der Waals surface area contributed by atoms with Gasteiger partial charge in [0.2, 0.25) is 5.91 Å². The first-order valence-electron chi connectivity index (χ1n) is 6.74. The Hall–Kier alpha value is -1.88. The van der Waals surface area contributed by atoms with E-state index in [2.05, 4.69) is 5.32 Å². The molecule has 0 bridgehead atoms. The molecule has 0 aromatic heterocycles. The van der Waals surface area contributed by atoms with Gasteiger partial charge < -0.3 is 15.2 Å². The minimum atomic E-state index is -0.879. The molecule has 1 aromatic rings. The summed E-state index contributed by atoms with van der Waals surface area (Å²) in [6, 6.07) is 9.60. The average molecular weight is 277 g/mol. The number of ether oxygens (including phenoxy) is 1. The van der Waals surface area contributed by atoms with Gasteiger partial charge in [0.15, 0.2) is 0 Å². The van der Waals surface area contributed by atoms with Crippen molar-refractivity contribution in [3.63, 3.8) is 0 Å². The molecular weight excluding hydrogens is 258 g/mol. The van der Waals surface area contributed by atoms with E-state index in [0.717, 1.165) is 24.8 Å². The maximum atomic E-state index is 11.8. The lowest BCUT2D eigenvalue weighted by Gasteiger charge is -2.41. The van der Waals surface area contributed by atoms with Crippen molar-refractivity contribution in [2.75, 3.05) is 6.61 Å². The molecule has 20 heavy (non-hydrogen) atoms. The molecule has 2 rings (SSSR count). The zero-order valence-electron chi connectivity index (χ0n) is 11.3. The lowest BCUT2D eigenvalue weighted by molar-refractivity contribution is -0.141. The standard InChI is InChI=1S/C15H19NO4/c17-13(11-20-10-12-5-2-1-3-6-12)16-15(7-4-8-15)9-14(18)19/h1-3,5-6H,4,7-11H2,(H,16,17)(H,18,19). The smallest absolute Gasteiger partial charge is 0.305 e. The quantitative estimate of drug-likeness (QED) is 0.795. The summed E-state index contributed by atoms with van der Waals surface area (Å²) in [5.74, 6) is -1.13. The number of nitrogens with one attached hydrogen (secondary N) is 1. The largest absolute Gasteiger partial charge is 0.481 e. The molecule has 0 radical (unpaired) electrons. The molecule has 5 nitrogen and oxygen atoms in total. The molecule has 1 amide bonds. The predicted octanol–water partition coefficient (Wildman–Crippen LogP) is 1.72. The third-order valence-electron chi connectivity index (χ3n) is 3.55. The number of amides is 1. The van der Waals surface area contributed by atoms with Crippen molar-refractivity contribution in [3.8, 4) is 0 Å². The fourth-order valence-electron chi connectivity index (χ4n) is 2.41. The van der Waals surface area contributed by atoms with Crippen LogP contribution in [0.4, 0.5) is 0 Å². The Morgan fingerprint density at radius 1 is 1.25 bits per heavy atom. The van der Waals surface area contributed by atoms with Crippen LogP contribution >= 0.6 is 0 Å². The van der Waals surface area contributed by atoms with Crippen LogP contribution in [0.1, 0.15) is 31.2 Å². The van der Waals surface area contributed by atoms with E-state index in [0.29, 0.717) is 6.61 Å². The topological polar surface area (TPSA) is 75.6 Å². The van der Waals surface area contributed by atoms with Gasteiger partial charge in [0.1, 0.15) is 6.61 Å². The molecular formula is C15H19NO4. The molecule has 0 atom stereocenters. The molecule has 0 unspecified atom stereocenters. The molecule has 1 aromatic carbocycles. The molecule has 1 fully saturated rings. The van der Waals surface area contributed by atoms with E-state index in [9.17, 15) is 9.59 Å². The van der Waals surface area contributed by atoms with Gasteiger partial charge in [0.05, 0.1) is 18.6 Å². The van der Waals surface area contributed by atoms with Crippen molar-refractivity contribution in [2.24, 2.45) is 0 Å². The first kappa shape index (κ1) is 14.5. The van der Waals surface area contributed by atoms with E-state index in [-0.39, 0.29) is 18.9 Å². The highest BCUT2D eigenvalue weighted by atomic mass is 16.5. The molecule has 2 N–H and O–H groups in total. The first-order valence-corrected chi connectivity index (χ1v) is 6.74.